The van der Waals surface area contributed by atoms with Gasteiger partial charge in [-0.1, -0.05) is 18.2 Å². The van der Waals surface area contributed by atoms with E-state index in [9.17, 15) is 4.79 Å². The zero-order valence-electron chi connectivity index (χ0n) is 12.3. The van der Waals surface area contributed by atoms with Gasteiger partial charge in [-0.15, -0.1) is 6.58 Å². The number of ether oxygens (including phenoxy) is 1. The van der Waals surface area contributed by atoms with Gasteiger partial charge in [0.2, 0.25) is 0 Å². The Hall–Kier alpha value is -2.14. The maximum absolute atomic E-state index is 12.6. The van der Waals surface area contributed by atoms with Crippen LogP contribution in [0.1, 0.15) is 15.9 Å². The normalized spacial score (nSPS) is 10.1. The Bertz CT molecular complexity index is 656. The second-order valence-corrected chi connectivity index (χ2v) is 5.63. The summed E-state index contributed by atoms with van der Waals surface area (Å²) in [6.45, 7) is 4.70. The van der Waals surface area contributed by atoms with Crippen LogP contribution in [0.2, 0.25) is 0 Å². The molecule has 1 aromatic heterocycles. The smallest absolute Gasteiger partial charge is 0.256 e. The number of aromatic nitrogens is 1. The first-order valence-electron chi connectivity index (χ1n) is 6.77. The van der Waals surface area contributed by atoms with E-state index in [-0.39, 0.29) is 5.91 Å². The molecule has 0 spiro atoms. The Labute approximate surface area is 138 Å². The summed E-state index contributed by atoms with van der Waals surface area (Å²) in [6.07, 6.45) is 4.93. The number of methoxy groups -OCH3 is 1. The Morgan fingerprint density at radius 1 is 1.36 bits per heavy atom. The van der Waals surface area contributed by atoms with Crippen LogP contribution in [0.15, 0.2) is 59.9 Å². The molecule has 0 saturated carbocycles. The molecule has 2 rings (SSSR count). The molecule has 5 heteroatoms. The van der Waals surface area contributed by atoms with Gasteiger partial charge in [0.15, 0.2) is 0 Å². The SMILES string of the molecule is C=CCN(Cc1ccc(OC)cc1)C(=O)c1cncc(Br)c1. The number of amides is 1. The quantitative estimate of drug-likeness (QED) is 0.737. The van der Waals surface area contributed by atoms with Crippen LogP contribution in [0.4, 0.5) is 0 Å². The van der Waals surface area contributed by atoms with Crippen molar-refractivity contribution in [2.24, 2.45) is 0 Å². The van der Waals surface area contributed by atoms with E-state index >= 15 is 0 Å². The fourth-order valence-electron chi connectivity index (χ4n) is 2.04. The minimum atomic E-state index is -0.0791. The number of carbonyl (C=O) groups excluding carboxylic acids is 1. The number of rotatable bonds is 6. The lowest BCUT2D eigenvalue weighted by Gasteiger charge is -2.21. The average molecular weight is 361 g/mol. The minimum absolute atomic E-state index is 0.0791. The Balaban J connectivity index is 2.17. The van der Waals surface area contributed by atoms with Crippen molar-refractivity contribution in [1.82, 2.24) is 9.88 Å². The summed E-state index contributed by atoms with van der Waals surface area (Å²) < 4.78 is 5.92. The standard InChI is InChI=1S/C17H17BrN2O2/c1-3-8-20(12-13-4-6-16(22-2)7-5-13)17(21)14-9-15(18)11-19-10-14/h3-7,9-11H,1,8,12H2,2H3. The summed E-state index contributed by atoms with van der Waals surface area (Å²) >= 11 is 3.33. The van der Waals surface area contributed by atoms with Gasteiger partial charge in [-0.05, 0) is 39.7 Å². The molecule has 0 saturated heterocycles. The number of hydrogen-bond acceptors (Lipinski definition) is 3. The zero-order valence-corrected chi connectivity index (χ0v) is 13.9. The lowest BCUT2D eigenvalue weighted by molar-refractivity contribution is 0.0762. The number of pyridine rings is 1. The summed E-state index contributed by atoms with van der Waals surface area (Å²) in [6, 6.07) is 9.42. The molecule has 114 valence electrons. The molecule has 0 bridgehead atoms. The molecular weight excluding hydrogens is 344 g/mol. The molecule has 1 aromatic carbocycles. The van der Waals surface area contributed by atoms with Gasteiger partial charge in [0, 0.05) is 30.0 Å². The van der Waals surface area contributed by atoms with Crippen LogP contribution in [0.5, 0.6) is 5.75 Å². The van der Waals surface area contributed by atoms with Crippen LogP contribution in [0.25, 0.3) is 0 Å². The third-order valence-corrected chi connectivity index (χ3v) is 3.55. The van der Waals surface area contributed by atoms with E-state index in [2.05, 4.69) is 27.5 Å². The zero-order chi connectivity index (χ0) is 15.9. The molecule has 1 amide bonds. The van der Waals surface area contributed by atoms with Crippen LogP contribution >= 0.6 is 15.9 Å². The predicted molar refractivity (Wildman–Crippen MR) is 89.9 cm³/mol. The second-order valence-electron chi connectivity index (χ2n) is 4.71. The highest BCUT2D eigenvalue weighted by atomic mass is 79.9. The lowest BCUT2D eigenvalue weighted by Crippen LogP contribution is -2.30. The monoisotopic (exact) mass is 360 g/mol. The predicted octanol–water partition coefficient (Wildman–Crippen LogP) is 3.68. The molecule has 0 radical (unpaired) electrons. The Kier molecular flexibility index (Phi) is 5.72. The van der Waals surface area contributed by atoms with Crippen molar-refractivity contribution in [1.29, 1.82) is 0 Å². The van der Waals surface area contributed by atoms with Gasteiger partial charge in [-0.3, -0.25) is 9.78 Å². The molecule has 1 heterocycles. The summed E-state index contributed by atoms with van der Waals surface area (Å²) in [5.41, 5.74) is 1.57. The van der Waals surface area contributed by atoms with Crippen molar-refractivity contribution in [2.45, 2.75) is 6.54 Å². The van der Waals surface area contributed by atoms with Crippen LogP contribution in [-0.2, 0) is 6.54 Å². The highest BCUT2D eigenvalue weighted by Crippen LogP contribution is 2.16. The van der Waals surface area contributed by atoms with E-state index in [0.717, 1.165) is 15.8 Å². The third-order valence-electron chi connectivity index (χ3n) is 3.12. The molecule has 0 aliphatic heterocycles. The highest BCUT2D eigenvalue weighted by molar-refractivity contribution is 9.10. The van der Waals surface area contributed by atoms with E-state index in [4.69, 9.17) is 4.74 Å². The molecule has 2 aromatic rings. The fourth-order valence-corrected chi connectivity index (χ4v) is 2.40. The topological polar surface area (TPSA) is 42.4 Å². The van der Waals surface area contributed by atoms with Gasteiger partial charge in [-0.2, -0.15) is 0 Å². The first-order valence-corrected chi connectivity index (χ1v) is 7.57. The fraction of sp³-hybridized carbons (Fsp3) is 0.176. The largest absolute Gasteiger partial charge is 0.497 e. The second kappa shape index (κ2) is 7.75. The minimum Gasteiger partial charge on any atom is -0.497 e. The lowest BCUT2D eigenvalue weighted by atomic mass is 10.1. The maximum Gasteiger partial charge on any atom is 0.256 e. The van der Waals surface area contributed by atoms with Crippen LogP contribution < -0.4 is 4.74 Å². The average Bonchev–Trinajstić information content (AvgIpc) is 2.54. The molecule has 0 aliphatic carbocycles. The summed E-state index contributed by atoms with van der Waals surface area (Å²) in [5.74, 6) is 0.714. The van der Waals surface area contributed by atoms with E-state index in [1.54, 1.807) is 36.5 Å². The Morgan fingerprint density at radius 2 is 2.09 bits per heavy atom. The van der Waals surface area contributed by atoms with E-state index in [0.29, 0.717) is 18.7 Å². The molecule has 0 fully saturated rings. The van der Waals surface area contributed by atoms with Crippen molar-refractivity contribution < 1.29 is 9.53 Å². The van der Waals surface area contributed by atoms with Crippen molar-refractivity contribution in [3.63, 3.8) is 0 Å². The van der Waals surface area contributed by atoms with Crippen LogP contribution in [0, 0.1) is 0 Å². The van der Waals surface area contributed by atoms with Gasteiger partial charge in [0.1, 0.15) is 5.75 Å². The number of benzene rings is 1. The summed E-state index contributed by atoms with van der Waals surface area (Å²) in [5, 5.41) is 0. The summed E-state index contributed by atoms with van der Waals surface area (Å²) in [4.78, 5) is 18.4. The van der Waals surface area contributed by atoms with Crippen molar-refractivity contribution in [2.75, 3.05) is 13.7 Å². The Morgan fingerprint density at radius 3 is 2.68 bits per heavy atom. The number of nitrogens with zero attached hydrogens (tertiary/aromatic N) is 2. The van der Waals surface area contributed by atoms with Crippen molar-refractivity contribution in [3.05, 3.63) is 71.0 Å². The highest BCUT2D eigenvalue weighted by Gasteiger charge is 2.15. The maximum atomic E-state index is 12.6. The van der Waals surface area contributed by atoms with Crippen molar-refractivity contribution in [3.8, 4) is 5.75 Å². The molecule has 0 unspecified atom stereocenters. The first kappa shape index (κ1) is 16.2. The molecule has 0 atom stereocenters. The number of halogens is 1. The van der Waals surface area contributed by atoms with Gasteiger partial charge >= 0.3 is 0 Å². The molecule has 0 aliphatic rings. The summed E-state index contributed by atoms with van der Waals surface area (Å²) in [7, 11) is 1.63. The van der Waals surface area contributed by atoms with Gasteiger partial charge in [0.05, 0.1) is 12.7 Å². The first-order chi connectivity index (χ1) is 10.6. The van der Waals surface area contributed by atoms with E-state index < -0.39 is 0 Å². The number of carbonyl (C=O) groups is 1. The van der Waals surface area contributed by atoms with Gasteiger partial charge in [-0.25, -0.2) is 0 Å². The van der Waals surface area contributed by atoms with Crippen molar-refractivity contribution >= 4 is 21.8 Å². The van der Waals surface area contributed by atoms with Gasteiger partial charge < -0.3 is 9.64 Å². The van der Waals surface area contributed by atoms with E-state index in [1.807, 2.05) is 24.3 Å². The number of hydrogen-bond donors (Lipinski definition) is 0. The molecule has 0 N–H and O–H groups in total. The third kappa shape index (κ3) is 4.18. The molecular formula is C17H17BrN2O2. The van der Waals surface area contributed by atoms with Crippen LogP contribution in [-0.4, -0.2) is 29.4 Å². The molecule has 22 heavy (non-hydrogen) atoms. The van der Waals surface area contributed by atoms with Gasteiger partial charge in [0.25, 0.3) is 5.91 Å². The molecule has 4 nitrogen and oxygen atoms in total. The van der Waals surface area contributed by atoms with Crippen LogP contribution in [0.3, 0.4) is 0 Å². The van der Waals surface area contributed by atoms with E-state index in [1.165, 1.54) is 0 Å².